The molecule has 0 saturated carbocycles. The van der Waals surface area contributed by atoms with Crippen molar-refractivity contribution >= 4 is 5.78 Å². The number of hydrogen-bond acceptors (Lipinski definition) is 2. The van der Waals surface area contributed by atoms with Gasteiger partial charge in [-0.3, -0.25) is 4.79 Å². The van der Waals surface area contributed by atoms with Gasteiger partial charge in [0.05, 0.1) is 0 Å². The Morgan fingerprint density at radius 2 is 2.30 bits per heavy atom. The van der Waals surface area contributed by atoms with Gasteiger partial charge in [0.25, 0.3) is 0 Å². The molecular formula is C8H8O2. The maximum Gasteiger partial charge on any atom is 0.163 e. The zero-order chi connectivity index (χ0) is 7.56. The van der Waals surface area contributed by atoms with E-state index in [1.807, 2.05) is 0 Å². The van der Waals surface area contributed by atoms with Crippen LogP contribution in [0.1, 0.15) is 19.3 Å². The van der Waals surface area contributed by atoms with Gasteiger partial charge in [0.15, 0.2) is 5.78 Å². The van der Waals surface area contributed by atoms with Crippen molar-refractivity contribution in [1.82, 2.24) is 0 Å². The molecule has 10 heavy (non-hydrogen) atoms. The number of carbonyl (C=O) groups excluding carboxylic acids is 1. The zero-order valence-electron chi connectivity index (χ0n) is 5.55. The standard InChI is InChI=1S/C8H8O2/c1-2-3-6-7(9)4-5-8(6)10/h1,9H,3-5H2. The summed E-state index contributed by atoms with van der Waals surface area (Å²) in [6, 6.07) is 0. The van der Waals surface area contributed by atoms with Gasteiger partial charge in [-0.2, -0.15) is 0 Å². The third-order valence-electron chi connectivity index (χ3n) is 1.55. The first kappa shape index (κ1) is 6.88. The van der Waals surface area contributed by atoms with Gasteiger partial charge in [-0.05, 0) is 0 Å². The first-order valence-corrected chi connectivity index (χ1v) is 3.13. The summed E-state index contributed by atoms with van der Waals surface area (Å²) in [5, 5.41) is 9.05. The highest BCUT2D eigenvalue weighted by Gasteiger charge is 2.20. The van der Waals surface area contributed by atoms with E-state index in [1.54, 1.807) is 0 Å². The van der Waals surface area contributed by atoms with E-state index in [2.05, 4.69) is 5.92 Å². The molecule has 1 rings (SSSR count). The lowest BCUT2D eigenvalue weighted by Crippen LogP contribution is -1.94. The molecule has 0 saturated heterocycles. The van der Waals surface area contributed by atoms with Crippen molar-refractivity contribution in [1.29, 1.82) is 0 Å². The fraction of sp³-hybridized carbons (Fsp3) is 0.375. The lowest BCUT2D eigenvalue weighted by Gasteiger charge is -1.92. The molecule has 2 nitrogen and oxygen atoms in total. The normalized spacial score (nSPS) is 17.7. The second-order valence-corrected chi connectivity index (χ2v) is 2.23. The van der Waals surface area contributed by atoms with E-state index in [0.29, 0.717) is 18.4 Å². The summed E-state index contributed by atoms with van der Waals surface area (Å²) in [6.07, 6.45) is 6.14. The molecule has 0 heterocycles. The average molecular weight is 136 g/mol. The van der Waals surface area contributed by atoms with Crippen LogP contribution in [-0.4, -0.2) is 10.9 Å². The van der Waals surface area contributed by atoms with Crippen LogP contribution in [0.4, 0.5) is 0 Å². The summed E-state index contributed by atoms with van der Waals surface area (Å²) in [7, 11) is 0. The monoisotopic (exact) mass is 136 g/mol. The van der Waals surface area contributed by atoms with Crippen LogP contribution < -0.4 is 0 Å². The molecule has 0 amide bonds. The van der Waals surface area contributed by atoms with Crippen LogP contribution in [0.3, 0.4) is 0 Å². The van der Waals surface area contributed by atoms with Gasteiger partial charge in [-0.1, -0.05) is 0 Å². The van der Waals surface area contributed by atoms with Gasteiger partial charge in [-0.25, -0.2) is 0 Å². The lowest BCUT2D eigenvalue weighted by atomic mass is 10.1. The molecule has 0 spiro atoms. The highest BCUT2D eigenvalue weighted by atomic mass is 16.3. The first-order chi connectivity index (χ1) is 4.75. The van der Waals surface area contributed by atoms with Crippen LogP contribution in [0.2, 0.25) is 0 Å². The predicted octanol–water partition coefficient (Wildman–Crippen LogP) is 1.18. The van der Waals surface area contributed by atoms with Crippen LogP contribution in [0.5, 0.6) is 0 Å². The Hall–Kier alpha value is -1.23. The molecule has 0 bridgehead atoms. The highest BCUT2D eigenvalue weighted by molar-refractivity contribution is 5.98. The number of allylic oxidation sites excluding steroid dienone is 2. The summed E-state index contributed by atoms with van der Waals surface area (Å²) in [5.74, 6) is 2.51. The summed E-state index contributed by atoms with van der Waals surface area (Å²) in [4.78, 5) is 10.9. The Morgan fingerprint density at radius 3 is 2.70 bits per heavy atom. The minimum atomic E-state index is -0.00421. The Kier molecular flexibility index (Phi) is 1.77. The van der Waals surface area contributed by atoms with Crippen molar-refractivity contribution in [2.75, 3.05) is 0 Å². The number of aliphatic hydroxyl groups is 1. The van der Waals surface area contributed by atoms with Gasteiger partial charge < -0.3 is 5.11 Å². The van der Waals surface area contributed by atoms with Gasteiger partial charge in [0.2, 0.25) is 0 Å². The second kappa shape index (κ2) is 2.57. The number of terminal acetylenes is 1. The van der Waals surface area contributed by atoms with Crippen LogP contribution in [0.15, 0.2) is 11.3 Å². The van der Waals surface area contributed by atoms with Crippen molar-refractivity contribution in [2.24, 2.45) is 0 Å². The topological polar surface area (TPSA) is 37.3 Å². The van der Waals surface area contributed by atoms with Crippen molar-refractivity contribution < 1.29 is 9.90 Å². The molecule has 0 aromatic carbocycles. The second-order valence-electron chi connectivity index (χ2n) is 2.23. The maximum absolute atomic E-state index is 10.9. The Balaban J connectivity index is 2.80. The molecule has 1 aliphatic carbocycles. The van der Waals surface area contributed by atoms with Crippen LogP contribution in [-0.2, 0) is 4.79 Å². The SMILES string of the molecule is C#CCC1=C(O)CCC1=O. The molecule has 0 aromatic rings. The summed E-state index contributed by atoms with van der Waals surface area (Å²) in [6.45, 7) is 0. The Morgan fingerprint density at radius 1 is 1.60 bits per heavy atom. The van der Waals surface area contributed by atoms with E-state index in [9.17, 15) is 4.79 Å². The third-order valence-corrected chi connectivity index (χ3v) is 1.55. The molecule has 1 aliphatic rings. The van der Waals surface area contributed by atoms with Gasteiger partial charge in [0, 0.05) is 24.8 Å². The predicted molar refractivity (Wildman–Crippen MR) is 37.3 cm³/mol. The first-order valence-electron chi connectivity index (χ1n) is 3.13. The number of ketones is 1. The quantitative estimate of drug-likeness (QED) is 0.549. The van der Waals surface area contributed by atoms with Crippen molar-refractivity contribution in [2.45, 2.75) is 19.3 Å². The largest absolute Gasteiger partial charge is 0.512 e. The minimum Gasteiger partial charge on any atom is -0.512 e. The molecular weight excluding hydrogens is 128 g/mol. The van der Waals surface area contributed by atoms with Gasteiger partial charge in [-0.15, -0.1) is 12.3 Å². The summed E-state index contributed by atoms with van der Waals surface area (Å²) < 4.78 is 0. The van der Waals surface area contributed by atoms with Crippen molar-refractivity contribution in [3.63, 3.8) is 0 Å². The van der Waals surface area contributed by atoms with Gasteiger partial charge in [0.1, 0.15) is 5.76 Å². The Labute approximate surface area is 59.6 Å². The van der Waals surface area contributed by atoms with Crippen LogP contribution in [0, 0.1) is 12.3 Å². The summed E-state index contributed by atoms with van der Waals surface area (Å²) in [5.41, 5.74) is 0.433. The van der Waals surface area contributed by atoms with Gasteiger partial charge >= 0.3 is 0 Å². The number of hydrogen-bond donors (Lipinski definition) is 1. The number of Topliss-reactive ketones (excluding diaryl/α,β-unsaturated/α-hetero) is 1. The van der Waals surface area contributed by atoms with Crippen molar-refractivity contribution in [3.05, 3.63) is 11.3 Å². The van der Waals surface area contributed by atoms with E-state index < -0.39 is 0 Å². The molecule has 0 atom stereocenters. The number of aliphatic hydroxyl groups excluding tert-OH is 1. The number of rotatable bonds is 1. The number of carbonyl (C=O) groups is 1. The lowest BCUT2D eigenvalue weighted by molar-refractivity contribution is -0.114. The molecule has 0 aliphatic heterocycles. The van der Waals surface area contributed by atoms with E-state index in [1.165, 1.54) is 0 Å². The van der Waals surface area contributed by atoms with E-state index in [-0.39, 0.29) is 18.0 Å². The van der Waals surface area contributed by atoms with Crippen LogP contribution >= 0.6 is 0 Å². The summed E-state index contributed by atoms with van der Waals surface area (Å²) >= 11 is 0. The average Bonchev–Trinajstić information content (AvgIpc) is 2.20. The zero-order valence-corrected chi connectivity index (χ0v) is 5.55. The van der Waals surface area contributed by atoms with E-state index in [0.717, 1.165) is 0 Å². The molecule has 52 valence electrons. The maximum atomic E-state index is 10.9. The Bertz CT molecular complexity index is 230. The van der Waals surface area contributed by atoms with E-state index >= 15 is 0 Å². The van der Waals surface area contributed by atoms with Crippen molar-refractivity contribution in [3.8, 4) is 12.3 Å². The molecule has 0 unspecified atom stereocenters. The molecule has 0 radical (unpaired) electrons. The molecule has 0 aromatic heterocycles. The highest BCUT2D eigenvalue weighted by Crippen LogP contribution is 2.22. The fourth-order valence-corrected chi connectivity index (χ4v) is 0.997. The minimum absolute atomic E-state index is 0.00421. The van der Waals surface area contributed by atoms with Crippen LogP contribution in [0.25, 0.3) is 0 Å². The molecule has 0 fully saturated rings. The molecule has 1 N–H and O–H groups in total. The smallest absolute Gasteiger partial charge is 0.163 e. The molecule has 2 heteroatoms. The van der Waals surface area contributed by atoms with E-state index in [4.69, 9.17) is 11.5 Å². The fourth-order valence-electron chi connectivity index (χ4n) is 0.997. The third kappa shape index (κ3) is 1.03.